The normalized spacial score (nSPS) is 14.8. The van der Waals surface area contributed by atoms with Crippen LogP contribution in [0.3, 0.4) is 0 Å². The Morgan fingerprint density at radius 3 is 2.69 bits per heavy atom. The third kappa shape index (κ3) is 3.04. The van der Waals surface area contributed by atoms with E-state index in [1.165, 1.54) is 6.20 Å². The second-order valence-electron chi connectivity index (χ2n) is 7.35. The van der Waals surface area contributed by atoms with Crippen LogP contribution in [0, 0.1) is 5.92 Å². The molecule has 4 aromatic rings. The molecule has 2 N–H and O–H groups in total. The van der Waals surface area contributed by atoms with Crippen LogP contribution in [0.1, 0.15) is 34.8 Å². The SMILES string of the molecule is COc1ccc(C(NC(=O)c2cnn3c2[nH]c(=O)c2ccccc23)C2CC2)cc1. The Bertz CT molecular complexity index is 1270. The number of para-hydroxylation sites is 1. The van der Waals surface area contributed by atoms with Crippen molar-refractivity contribution in [1.82, 2.24) is 19.9 Å². The number of hydrogen-bond donors (Lipinski definition) is 2. The van der Waals surface area contributed by atoms with Crippen LogP contribution in [0.25, 0.3) is 16.6 Å². The first-order valence-corrected chi connectivity index (χ1v) is 9.59. The van der Waals surface area contributed by atoms with Crippen molar-refractivity contribution in [2.75, 3.05) is 7.11 Å². The summed E-state index contributed by atoms with van der Waals surface area (Å²) in [6.07, 6.45) is 3.66. The predicted octanol–water partition coefficient (Wildman–Crippen LogP) is 3.07. The molecule has 7 heteroatoms. The number of ether oxygens (including phenoxy) is 1. The monoisotopic (exact) mass is 388 g/mol. The predicted molar refractivity (Wildman–Crippen MR) is 109 cm³/mol. The van der Waals surface area contributed by atoms with Crippen LogP contribution in [0.15, 0.2) is 59.5 Å². The molecule has 1 fully saturated rings. The van der Waals surface area contributed by atoms with Crippen molar-refractivity contribution < 1.29 is 9.53 Å². The number of aromatic nitrogens is 3. The summed E-state index contributed by atoms with van der Waals surface area (Å²) in [5.74, 6) is 0.939. The molecule has 7 nitrogen and oxygen atoms in total. The summed E-state index contributed by atoms with van der Waals surface area (Å²) >= 11 is 0. The molecular formula is C22H20N4O3. The van der Waals surface area contributed by atoms with Gasteiger partial charge in [0.05, 0.1) is 30.3 Å². The Morgan fingerprint density at radius 1 is 1.21 bits per heavy atom. The number of H-pyrrole nitrogens is 1. The van der Waals surface area contributed by atoms with Gasteiger partial charge in [-0.1, -0.05) is 24.3 Å². The average Bonchev–Trinajstić information content (AvgIpc) is 3.51. The minimum absolute atomic E-state index is 0.0875. The molecule has 1 saturated carbocycles. The van der Waals surface area contributed by atoms with Gasteiger partial charge in [0.25, 0.3) is 11.5 Å². The zero-order valence-corrected chi connectivity index (χ0v) is 15.9. The molecule has 5 rings (SSSR count). The van der Waals surface area contributed by atoms with Gasteiger partial charge in [-0.25, -0.2) is 4.52 Å². The summed E-state index contributed by atoms with van der Waals surface area (Å²) in [4.78, 5) is 28.3. The third-order valence-electron chi connectivity index (χ3n) is 5.48. The van der Waals surface area contributed by atoms with Gasteiger partial charge >= 0.3 is 0 Å². The highest BCUT2D eigenvalue weighted by molar-refractivity contribution is 6.00. The lowest BCUT2D eigenvalue weighted by molar-refractivity contribution is 0.0933. The Labute approximate surface area is 166 Å². The molecule has 0 bridgehead atoms. The van der Waals surface area contributed by atoms with Crippen molar-refractivity contribution in [3.05, 3.63) is 76.2 Å². The molecule has 2 aromatic heterocycles. The first kappa shape index (κ1) is 17.5. The van der Waals surface area contributed by atoms with Crippen LogP contribution < -0.4 is 15.6 Å². The number of rotatable bonds is 5. The lowest BCUT2D eigenvalue weighted by atomic mass is 10.0. The van der Waals surface area contributed by atoms with Crippen LogP contribution in [-0.2, 0) is 0 Å². The number of nitrogens with one attached hydrogen (secondary N) is 2. The Morgan fingerprint density at radius 2 is 1.97 bits per heavy atom. The summed E-state index contributed by atoms with van der Waals surface area (Å²) in [7, 11) is 1.63. The lowest BCUT2D eigenvalue weighted by Gasteiger charge is -2.19. The first-order valence-electron chi connectivity index (χ1n) is 9.59. The van der Waals surface area contributed by atoms with Gasteiger partial charge < -0.3 is 15.0 Å². The van der Waals surface area contributed by atoms with E-state index in [4.69, 9.17) is 4.74 Å². The van der Waals surface area contributed by atoms with Gasteiger partial charge in [-0.05, 0) is 48.6 Å². The second-order valence-corrected chi connectivity index (χ2v) is 7.35. The number of hydrogen-bond acceptors (Lipinski definition) is 4. The molecular weight excluding hydrogens is 368 g/mol. The van der Waals surface area contributed by atoms with Crippen LogP contribution >= 0.6 is 0 Å². The quantitative estimate of drug-likeness (QED) is 0.550. The number of aromatic amines is 1. The van der Waals surface area contributed by atoms with Gasteiger partial charge in [0.15, 0.2) is 0 Å². The van der Waals surface area contributed by atoms with Crippen molar-refractivity contribution in [3.8, 4) is 5.75 Å². The van der Waals surface area contributed by atoms with Crippen molar-refractivity contribution in [3.63, 3.8) is 0 Å². The Balaban J connectivity index is 1.51. The first-order chi connectivity index (χ1) is 14.2. The van der Waals surface area contributed by atoms with Gasteiger partial charge in [-0.3, -0.25) is 9.59 Å². The second kappa shape index (κ2) is 6.77. The maximum Gasteiger partial charge on any atom is 0.259 e. The Hall–Kier alpha value is -3.61. The fourth-order valence-electron chi connectivity index (χ4n) is 3.78. The largest absolute Gasteiger partial charge is 0.497 e. The molecule has 0 spiro atoms. The summed E-state index contributed by atoms with van der Waals surface area (Å²) in [5.41, 5.74) is 2.22. The van der Waals surface area contributed by atoms with E-state index in [9.17, 15) is 9.59 Å². The van der Waals surface area contributed by atoms with Crippen molar-refractivity contribution in [1.29, 1.82) is 0 Å². The summed E-state index contributed by atoms with van der Waals surface area (Å²) < 4.78 is 6.83. The number of amides is 1. The highest BCUT2D eigenvalue weighted by Crippen LogP contribution is 2.41. The van der Waals surface area contributed by atoms with Gasteiger partial charge in [0.2, 0.25) is 0 Å². The minimum Gasteiger partial charge on any atom is -0.497 e. The van der Waals surface area contributed by atoms with E-state index in [2.05, 4.69) is 15.4 Å². The molecule has 1 unspecified atom stereocenters. The summed E-state index contributed by atoms with van der Waals surface area (Å²) in [5, 5.41) is 8.01. The maximum absolute atomic E-state index is 13.1. The minimum atomic E-state index is -0.251. The molecule has 0 radical (unpaired) electrons. The van der Waals surface area contributed by atoms with E-state index in [1.807, 2.05) is 36.4 Å². The standard InChI is InChI=1S/C22H20N4O3/c1-29-15-10-8-14(9-11-15)19(13-6-7-13)24-22(28)17-12-23-26-18-5-3-2-4-16(18)21(27)25-20(17)26/h2-5,8-13,19H,6-7H2,1H3,(H,24,28)(H,25,27). The summed E-state index contributed by atoms with van der Waals surface area (Å²) in [6.45, 7) is 0. The number of carbonyl (C=O) groups excluding carboxylic acids is 1. The lowest BCUT2D eigenvalue weighted by Crippen LogP contribution is -2.30. The molecule has 0 saturated heterocycles. The highest BCUT2D eigenvalue weighted by atomic mass is 16.5. The average molecular weight is 388 g/mol. The van der Waals surface area contributed by atoms with Crippen molar-refractivity contribution in [2.24, 2.45) is 5.92 Å². The fourth-order valence-corrected chi connectivity index (χ4v) is 3.78. The zero-order chi connectivity index (χ0) is 20.0. The van der Waals surface area contributed by atoms with Gasteiger partial charge in [0.1, 0.15) is 17.0 Å². The van der Waals surface area contributed by atoms with Crippen LogP contribution in [0.5, 0.6) is 5.75 Å². The van der Waals surface area contributed by atoms with E-state index in [-0.39, 0.29) is 17.5 Å². The van der Waals surface area contributed by atoms with E-state index < -0.39 is 0 Å². The van der Waals surface area contributed by atoms with Crippen molar-refractivity contribution in [2.45, 2.75) is 18.9 Å². The molecule has 1 aliphatic carbocycles. The van der Waals surface area contributed by atoms with Gasteiger partial charge in [0, 0.05) is 0 Å². The van der Waals surface area contributed by atoms with Crippen molar-refractivity contribution >= 4 is 22.5 Å². The maximum atomic E-state index is 13.1. The Kier molecular flexibility index (Phi) is 4.08. The van der Waals surface area contributed by atoms with E-state index in [0.717, 1.165) is 24.2 Å². The van der Waals surface area contributed by atoms with E-state index in [0.29, 0.717) is 28.0 Å². The number of fused-ring (bicyclic) bond motifs is 3. The smallest absolute Gasteiger partial charge is 0.259 e. The van der Waals surface area contributed by atoms with Gasteiger partial charge in [-0.15, -0.1) is 0 Å². The van der Waals surface area contributed by atoms with Crippen LogP contribution in [-0.4, -0.2) is 27.6 Å². The molecule has 2 aromatic carbocycles. The topological polar surface area (TPSA) is 88.5 Å². The number of carbonyl (C=O) groups is 1. The number of benzene rings is 2. The highest BCUT2D eigenvalue weighted by Gasteiger charge is 2.34. The van der Waals surface area contributed by atoms with E-state index >= 15 is 0 Å². The molecule has 29 heavy (non-hydrogen) atoms. The third-order valence-corrected chi connectivity index (χ3v) is 5.48. The molecule has 146 valence electrons. The zero-order valence-electron chi connectivity index (χ0n) is 15.9. The molecule has 1 amide bonds. The fraction of sp³-hybridized carbons (Fsp3) is 0.227. The van der Waals surface area contributed by atoms with Crippen LogP contribution in [0.2, 0.25) is 0 Å². The van der Waals surface area contributed by atoms with E-state index in [1.54, 1.807) is 23.8 Å². The molecule has 2 heterocycles. The van der Waals surface area contributed by atoms with Crippen LogP contribution in [0.4, 0.5) is 0 Å². The number of nitrogens with zero attached hydrogens (tertiary/aromatic N) is 2. The molecule has 1 aliphatic rings. The molecule has 0 aliphatic heterocycles. The number of methoxy groups -OCH3 is 1. The molecule has 1 atom stereocenters. The summed E-state index contributed by atoms with van der Waals surface area (Å²) in [6, 6.07) is 14.9. The van der Waals surface area contributed by atoms with Gasteiger partial charge in [-0.2, -0.15) is 5.10 Å².